The van der Waals surface area contributed by atoms with Crippen molar-refractivity contribution in [2.24, 2.45) is 23.0 Å². The summed E-state index contributed by atoms with van der Waals surface area (Å²) >= 11 is 0. The van der Waals surface area contributed by atoms with Gasteiger partial charge >= 0.3 is 5.97 Å². The number of hydrogen-bond donors (Lipinski definition) is 2. The molecule has 0 aromatic rings. The Morgan fingerprint density at radius 1 is 1.54 bits per heavy atom. The average molecular weight is 183 g/mol. The highest BCUT2D eigenvalue weighted by molar-refractivity contribution is 5.67. The van der Waals surface area contributed by atoms with Crippen molar-refractivity contribution in [2.75, 3.05) is 6.54 Å². The minimum absolute atomic E-state index is 0.0660. The first-order valence-corrected chi connectivity index (χ1v) is 5.07. The van der Waals surface area contributed by atoms with Crippen LogP contribution in [0.4, 0.5) is 0 Å². The summed E-state index contributed by atoms with van der Waals surface area (Å²) in [6.07, 6.45) is 4.88. The average Bonchev–Trinajstić information content (AvgIpc) is 2.81. The monoisotopic (exact) mass is 183 g/mol. The van der Waals surface area contributed by atoms with Crippen molar-refractivity contribution < 1.29 is 9.90 Å². The topological polar surface area (TPSA) is 63.3 Å². The number of carbonyl (C=O) groups is 1. The van der Waals surface area contributed by atoms with Gasteiger partial charge in [-0.1, -0.05) is 0 Å². The van der Waals surface area contributed by atoms with E-state index in [0.29, 0.717) is 6.54 Å². The molecule has 2 rings (SSSR count). The number of carboxylic acids is 1. The van der Waals surface area contributed by atoms with E-state index in [1.165, 1.54) is 12.8 Å². The molecule has 0 saturated heterocycles. The number of aliphatic carboxylic acids is 1. The molecule has 3 atom stereocenters. The summed E-state index contributed by atoms with van der Waals surface area (Å²) in [4.78, 5) is 10.7. The molecule has 0 heterocycles. The lowest BCUT2D eigenvalue weighted by atomic mass is 9.72. The molecule has 2 saturated carbocycles. The fraction of sp³-hybridized carbons (Fsp3) is 0.900. The smallest absolute Gasteiger partial charge is 0.303 e. The minimum Gasteiger partial charge on any atom is -0.481 e. The second kappa shape index (κ2) is 2.98. The van der Waals surface area contributed by atoms with Crippen LogP contribution in [0.5, 0.6) is 0 Å². The zero-order valence-electron chi connectivity index (χ0n) is 7.83. The molecule has 0 aromatic heterocycles. The van der Waals surface area contributed by atoms with E-state index in [4.69, 9.17) is 10.8 Å². The molecule has 3 heteroatoms. The maximum atomic E-state index is 10.7. The molecule has 0 radical (unpaired) electrons. The van der Waals surface area contributed by atoms with Gasteiger partial charge in [0.2, 0.25) is 0 Å². The van der Waals surface area contributed by atoms with E-state index in [1.807, 2.05) is 0 Å². The van der Waals surface area contributed by atoms with Crippen molar-refractivity contribution in [3.63, 3.8) is 0 Å². The lowest BCUT2D eigenvalue weighted by Crippen LogP contribution is -2.35. The molecule has 0 unspecified atom stereocenters. The van der Waals surface area contributed by atoms with Crippen molar-refractivity contribution in [1.82, 2.24) is 0 Å². The fourth-order valence-corrected chi connectivity index (χ4v) is 2.80. The Hall–Kier alpha value is -0.570. The van der Waals surface area contributed by atoms with Crippen molar-refractivity contribution in [2.45, 2.75) is 32.1 Å². The Bertz CT molecular complexity index is 229. The Kier molecular flexibility index (Phi) is 2.06. The van der Waals surface area contributed by atoms with Crippen molar-refractivity contribution in [3.05, 3.63) is 0 Å². The maximum absolute atomic E-state index is 10.7. The number of fused-ring (bicyclic) bond motifs is 1. The molecule has 0 aliphatic heterocycles. The van der Waals surface area contributed by atoms with Crippen LogP contribution in [0, 0.1) is 17.3 Å². The molecule has 3 N–H and O–H groups in total. The maximum Gasteiger partial charge on any atom is 0.303 e. The molecule has 0 amide bonds. The van der Waals surface area contributed by atoms with Crippen LogP contribution in [0.2, 0.25) is 0 Å². The molecule has 2 fully saturated rings. The number of nitrogens with two attached hydrogens (primary N) is 1. The second-order valence-corrected chi connectivity index (χ2v) is 4.77. The third kappa shape index (κ3) is 1.70. The first-order valence-electron chi connectivity index (χ1n) is 5.07. The standard InChI is InChI=1S/C10H17NO2/c11-6-10(5-9(12)13)2-1-7-3-8(7)4-10/h7-8H,1-6,11H2,(H,12,13)/t7-,8-,10+/m0/s1. The van der Waals surface area contributed by atoms with Crippen molar-refractivity contribution >= 4 is 5.97 Å². The zero-order valence-corrected chi connectivity index (χ0v) is 7.83. The molecular weight excluding hydrogens is 166 g/mol. The van der Waals surface area contributed by atoms with E-state index in [-0.39, 0.29) is 11.8 Å². The van der Waals surface area contributed by atoms with E-state index in [0.717, 1.165) is 24.7 Å². The van der Waals surface area contributed by atoms with Crippen LogP contribution in [0.1, 0.15) is 32.1 Å². The van der Waals surface area contributed by atoms with Gasteiger partial charge in [0.15, 0.2) is 0 Å². The number of carboxylic acid groups (broad SMARTS) is 1. The van der Waals surface area contributed by atoms with Gasteiger partial charge in [0.1, 0.15) is 0 Å². The minimum atomic E-state index is -0.690. The Morgan fingerprint density at radius 2 is 2.31 bits per heavy atom. The lowest BCUT2D eigenvalue weighted by Gasteiger charge is -2.34. The van der Waals surface area contributed by atoms with Gasteiger partial charge in [-0.2, -0.15) is 0 Å². The fourth-order valence-electron chi connectivity index (χ4n) is 2.80. The molecule has 0 spiro atoms. The molecular formula is C10H17NO2. The third-order valence-electron chi connectivity index (χ3n) is 3.77. The van der Waals surface area contributed by atoms with Gasteiger partial charge in [-0.05, 0) is 49.5 Å². The van der Waals surface area contributed by atoms with Gasteiger partial charge < -0.3 is 10.8 Å². The quantitative estimate of drug-likeness (QED) is 0.691. The van der Waals surface area contributed by atoms with E-state index in [2.05, 4.69) is 0 Å². The normalized spacial score (nSPS) is 42.5. The third-order valence-corrected chi connectivity index (χ3v) is 3.77. The SMILES string of the molecule is NC[C@]1(CC(=O)O)CC[C@H]2C[C@H]2C1. The van der Waals surface area contributed by atoms with Crippen molar-refractivity contribution in [1.29, 1.82) is 0 Å². The molecule has 0 aromatic carbocycles. The van der Waals surface area contributed by atoms with Gasteiger partial charge in [0, 0.05) is 0 Å². The van der Waals surface area contributed by atoms with E-state index in [1.54, 1.807) is 0 Å². The van der Waals surface area contributed by atoms with Gasteiger partial charge in [-0.3, -0.25) is 4.79 Å². The van der Waals surface area contributed by atoms with Gasteiger partial charge in [0.05, 0.1) is 6.42 Å². The summed E-state index contributed by atoms with van der Waals surface area (Å²) in [5, 5.41) is 8.81. The Labute approximate surface area is 78.3 Å². The van der Waals surface area contributed by atoms with Gasteiger partial charge in [-0.15, -0.1) is 0 Å². The predicted molar refractivity (Wildman–Crippen MR) is 49.2 cm³/mol. The molecule has 13 heavy (non-hydrogen) atoms. The zero-order chi connectivity index (χ0) is 9.47. The highest BCUT2D eigenvalue weighted by atomic mass is 16.4. The largest absolute Gasteiger partial charge is 0.481 e. The van der Waals surface area contributed by atoms with E-state index in [9.17, 15) is 4.79 Å². The highest BCUT2D eigenvalue weighted by Crippen LogP contribution is 2.56. The first-order chi connectivity index (χ1) is 6.15. The Morgan fingerprint density at radius 3 is 2.85 bits per heavy atom. The number of rotatable bonds is 3. The van der Waals surface area contributed by atoms with Crippen LogP contribution in [0.3, 0.4) is 0 Å². The summed E-state index contributed by atoms with van der Waals surface area (Å²) in [6.45, 7) is 0.544. The summed E-state index contributed by atoms with van der Waals surface area (Å²) in [7, 11) is 0. The summed E-state index contributed by atoms with van der Waals surface area (Å²) in [5.74, 6) is 1.02. The summed E-state index contributed by atoms with van der Waals surface area (Å²) in [6, 6.07) is 0. The van der Waals surface area contributed by atoms with Crippen LogP contribution >= 0.6 is 0 Å². The second-order valence-electron chi connectivity index (χ2n) is 4.77. The van der Waals surface area contributed by atoms with E-state index < -0.39 is 5.97 Å². The van der Waals surface area contributed by atoms with Crippen LogP contribution in [0.15, 0.2) is 0 Å². The lowest BCUT2D eigenvalue weighted by molar-refractivity contribution is -0.140. The highest BCUT2D eigenvalue weighted by Gasteiger charge is 2.48. The predicted octanol–water partition coefficient (Wildman–Crippen LogP) is 1.23. The summed E-state index contributed by atoms with van der Waals surface area (Å²) in [5.41, 5.74) is 5.64. The molecule has 2 aliphatic carbocycles. The molecule has 2 aliphatic rings. The van der Waals surface area contributed by atoms with Gasteiger partial charge in [-0.25, -0.2) is 0 Å². The first kappa shape index (κ1) is 9.00. The van der Waals surface area contributed by atoms with Crippen molar-refractivity contribution in [3.8, 4) is 0 Å². The summed E-state index contributed by atoms with van der Waals surface area (Å²) < 4.78 is 0. The molecule has 0 bridgehead atoms. The molecule has 74 valence electrons. The Balaban J connectivity index is 2.01. The van der Waals surface area contributed by atoms with Gasteiger partial charge in [0.25, 0.3) is 0 Å². The number of hydrogen-bond acceptors (Lipinski definition) is 2. The van der Waals surface area contributed by atoms with Crippen LogP contribution in [-0.4, -0.2) is 17.6 Å². The molecule has 3 nitrogen and oxygen atoms in total. The van der Waals surface area contributed by atoms with Crippen LogP contribution in [-0.2, 0) is 4.79 Å². The van der Waals surface area contributed by atoms with Crippen LogP contribution < -0.4 is 5.73 Å². The van der Waals surface area contributed by atoms with Crippen LogP contribution in [0.25, 0.3) is 0 Å². The van der Waals surface area contributed by atoms with E-state index >= 15 is 0 Å².